The van der Waals surface area contributed by atoms with E-state index in [1.54, 1.807) is 72.5 Å². The Balaban J connectivity index is 1.23. The van der Waals surface area contributed by atoms with Crippen molar-refractivity contribution in [2.24, 2.45) is 0 Å². The molecule has 0 aromatic heterocycles. The number of hydrogen-bond acceptors (Lipinski definition) is 17. The molecule has 16 nitrogen and oxygen atoms in total. The number of benzene rings is 3. The van der Waals surface area contributed by atoms with Gasteiger partial charge >= 0.3 is 18.3 Å². The minimum atomic E-state index is -1.38. The monoisotopic (exact) mass is 917 g/mol. The molecule has 4 bridgehead atoms. The van der Waals surface area contributed by atoms with Crippen molar-refractivity contribution in [3.05, 3.63) is 68.3 Å². The van der Waals surface area contributed by atoms with Crippen LogP contribution in [0.5, 0.6) is 34.5 Å². The second kappa shape index (κ2) is 16.1. The summed E-state index contributed by atoms with van der Waals surface area (Å²) in [5, 5.41) is 16.0. The van der Waals surface area contributed by atoms with Gasteiger partial charge in [-0.3, -0.25) is 15.1 Å². The van der Waals surface area contributed by atoms with Crippen molar-refractivity contribution in [1.29, 1.82) is 0 Å². The molecule has 1 spiro atoms. The maximum absolute atomic E-state index is 15.1. The number of carbonyl (C=O) groups excluding carboxylic acids is 3. The number of piperazine rings is 1. The lowest BCUT2D eigenvalue weighted by atomic mass is 9.72. The van der Waals surface area contributed by atoms with Gasteiger partial charge in [-0.2, -0.15) is 0 Å². The first kappa shape index (κ1) is 45.2. The molecule has 0 radical (unpaired) electrons. The molecule has 17 heteroatoms. The summed E-state index contributed by atoms with van der Waals surface area (Å²) in [4.78, 5) is 45.9. The summed E-state index contributed by atoms with van der Waals surface area (Å²) in [5.41, 5.74) is 4.63. The van der Waals surface area contributed by atoms with E-state index in [9.17, 15) is 14.7 Å². The number of likely N-dealkylation sites (N-methyl/N-ethyl adjacent to an activating group) is 1. The Labute approximate surface area is 383 Å². The van der Waals surface area contributed by atoms with Crippen molar-refractivity contribution >= 4 is 30.0 Å². The average molecular weight is 918 g/mol. The zero-order chi connectivity index (χ0) is 46.7. The number of thioether (sulfide) groups is 1. The van der Waals surface area contributed by atoms with Crippen LogP contribution in [0.25, 0.3) is 0 Å². The van der Waals surface area contributed by atoms with Gasteiger partial charge in [-0.25, -0.2) is 14.4 Å². The first-order valence-electron chi connectivity index (χ1n) is 22.0. The number of nitrogens with zero attached hydrogens (tertiary/aromatic N) is 2. The van der Waals surface area contributed by atoms with Crippen LogP contribution in [0.2, 0.25) is 0 Å². The number of carbonyl (C=O) groups is 3. The molecule has 2 saturated heterocycles. The normalized spacial score (nSPS) is 26.8. The Morgan fingerprint density at radius 2 is 1.54 bits per heavy atom. The Kier molecular flexibility index (Phi) is 11.2. The fraction of sp³-hybridized carbons (Fsp3) is 0.562. The number of aliphatic hydroxyl groups is 1. The number of aliphatic hydroxyl groups excluding tert-OH is 1. The number of esters is 1. The zero-order valence-electron chi connectivity index (χ0n) is 39.1. The van der Waals surface area contributed by atoms with E-state index in [0.29, 0.717) is 42.2 Å². The fourth-order valence-corrected chi connectivity index (χ4v) is 12.6. The van der Waals surface area contributed by atoms with Crippen LogP contribution in [-0.4, -0.2) is 110 Å². The third-order valence-electron chi connectivity index (χ3n) is 13.5. The molecule has 1 unspecified atom stereocenters. The first-order valence-corrected chi connectivity index (χ1v) is 23.1. The predicted molar refractivity (Wildman–Crippen MR) is 238 cm³/mol. The SMILES string of the molecule is COc1cc2c(cc1OC(=O)OC(C)(C)C)CCN[C@]21CS[C@@H]2c3c(C)c(C)c4c(c3[C@H](COC1=O)N1C2[C@@H]2c3c(cc(C)c(OC)c3OC(=O)OC(C)(C)C)C[C@H]([C@@H]1O)N2C)OCO4. The maximum Gasteiger partial charge on any atom is 0.514 e. The second-order valence-corrected chi connectivity index (χ2v) is 20.9. The van der Waals surface area contributed by atoms with Gasteiger partial charge in [-0.15, -0.1) is 11.8 Å². The highest BCUT2D eigenvalue weighted by Gasteiger charge is 2.61. The standard InChI is InChI=1S/C48H59N3O13S/c1-22-15-26-16-28-42(52)51-29-19-58-43(53)48(27-18-30(56-11)31(17-25(27)13-14-49-48)61-44(54)63-46(4,5)6)20-65-41(32-23(2)24(3)38-39(34(29)32)60-21-59-38)36(51)35(50(28)10)33(26)40(37(22)57-12)62-45(55)64-47(7,8)9/h15,17-18,28-29,35-36,41-42,49,52H,13-14,16,19-21H2,1-12H3/t28-,29+,35+,36?,41-,42+,48-/m1/s1. The molecule has 3 aromatic rings. The minimum Gasteiger partial charge on any atom is -0.493 e. The lowest BCUT2D eigenvalue weighted by Gasteiger charge is -2.62. The Bertz CT molecular complexity index is 2480. The number of fused-ring (bicyclic) bond motifs is 9. The molecule has 0 aliphatic carbocycles. The summed E-state index contributed by atoms with van der Waals surface area (Å²) in [7, 11) is 5.03. The summed E-state index contributed by atoms with van der Waals surface area (Å²) in [6, 6.07) is 3.46. The molecule has 350 valence electrons. The summed E-state index contributed by atoms with van der Waals surface area (Å²) >= 11 is 1.58. The van der Waals surface area contributed by atoms with Gasteiger partial charge in [0.25, 0.3) is 0 Å². The average Bonchev–Trinajstić information content (AvgIpc) is 3.71. The highest BCUT2D eigenvalue weighted by atomic mass is 32.2. The van der Waals surface area contributed by atoms with E-state index in [-0.39, 0.29) is 36.4 Å². The largest absolute Gasteiger partial charge is 0.514 e. The van der Waals surface area contributed by atoms with Crippen LogP contribution in [0.1, 0.15) is 109 Å². The number of rotatable bonds is 4. The molecule has 0 amide bonds. The molecular weight excluding hydrogens is 859 g/mol. The number of hydrogen-bond donors (Lipinski definition) is 2. The molecule has 3 aromatic carbocycles. The van der Waals surface area contributed by atoms with Gasteiger partial charge in [0.1, 0.15) is 24.0 Å². The van der Waals surface area contributed by atoms with Crippen LogP contribution in [0.3, 0.4) is 0 Å². The topological polar surface area (TPSA) is 173 Å². The Morgan fingerprint density at radius 1 is 0.846 bits per heavy atom. The number of ether oxygens (including phenoxy) is 9. The lowest BCUT2D eigenvalue weighted by Crippen LogP contribution is -2.70. The Morgan fingerprint density at radius 3 is 2.22 bits per heavy atom. The van der Waals surface area contributed by atoms with Crippen LogP contribution >= 0.6 is 11.8 Å². The van der Waals surface area contributed by atoms with Gasteiger partial charge in [0, 0.05) is 34.7 Å². The number of methoxy groups -OCH3 is 2. The van der Waals surface area contributed by atoms with E-state index in [4.69, 9.17) is 42.6 Å². The van der Waals surface area contributed by atoms with Gasteiger partial charge in [-0.05, 0) is 133 Å². The molecule has 10 rings (SSSR count). The summed E-state index contributed by atoms with van der Waals surface area (Å²) in [6.45, 7) is 16.9. The molecule has 7 aliphatic heterocycles. The number of aryl methyl sites for hydroxylation is 1. The molecule has 0 saturated carbocycles. The van der Waals surface area contributed by atoms with Crippen molar-refractivity contribution in [1.82, 2.24) is 15.1 Å². The molecule has 2 N–H and O–H groups in total. The zero-order valence-corrected chi connectivity index (χ0v) is 39.9. The smallest absolute Gasteiger partial charge is 0.493 e. The van der Waals surface area contributed by atoms with Crippen molar-refractivity contribution in [2.75, 3.05) is 47.0 Å². The van der Waals surface area contributed by atoms with Gasteiger partial charge < -0.3 is 47.7 Å². The predicted octanol–water partition coefficient (Wildman–Crippen LogP) is 7.01. The molecule has 7 aliphatic rings. The van der Waals surface area contributed by atoms with Crippen molar-refractivity contribution in [2.45, 2.75) is 128 Å². The molecular formula is C48H59N3O13S. The first-order chi connectivity index (χ1) is 30.7. The molecule has 7 heterocycles. The van der Waals surface area contributed by atoms with Crippen molar-refractivity contribution in [3.63, 3.8) is 0 Å². The highest BCUT2D eigenvalue weighted by molar-refractivity contribution is 7.99. The van der Waals surface area contributed by atoms with Gasteiger partial charge in [0.15, 0.2) is 40.0 Å². The van der Waals surface area contributed by atoms with Crippen LogP contribution in [0.15, 0.2) is 18.2 Å². The molecule has 2 fully saturated rings. The summed E-state index contributed by atoms with van der Waals surface area (Å²) in [5.74, 6) is 1.98. The van der Waals surface area contributed by atoms with Crippen LogP contribution in [0, 0.1) is 20.8 Å². The molecule has 7 atom stereocenters. The third-order valence-corrected chi connectivity index (χ3v) is 15.0. The fourth-order valence-electron chi connectivity index (χ4n) is 10.8. The van der Waals surface area contributed by atoms with E-state index in [0.717, 1.165) is 44.5 Å². The van der Waals surface area contributed by atoms with E-state index >= 15 is 4.79 Å². The van der Waals surface area contributed by atoms with Crippen LogP contribution in [-0.2, 0) is 37.4 Å². The van der Waals surface area contributed by atoms with Crippen molar-refractivity contribution < 1.29 is 62.1 Å². The Hall–Kier alpha value is -4.94. The van der Waals surface area contributed by atoms with Crippen LogP contribution < -0.4 is 33.7 Å². The van der Waals surface area contributed by atoms with E-state index in [1.807, 2.05) is 20.9 Å². The van der Waals surface area contributed by atoms with Gasteiger partial charge in [0.05, 0.1) is 32.3 Å². The van der Waals surface area contributed by atoms with Crippen molar-refractivity contribution in [3.8, 4) is 34.5 Å². The lowest BCUT2D eigenvalue weighted by molar-refractivity contribution is -0.186. The molecule has 65 heavy (non-hydrogen) atoms. The highest BCUT2D eigenvalue weighted by Crippen LogP contribution is 2.63. The van der Waals surface area contributed by atoms with Crippen LogP contribution in [0.4, 0.5) is 9.59 Å². The maximum atomic E-state index is 15.1. The third kappa shape index (κ3) is 7.41. The second-order valence-electron chi connectivity index (χ2n) is 19.7. The van der Waals surface area contributed by atoms with E-state index < -0.39 is 70.7 Å². The minimum absolute atomic E-state index is 0.0273. The van der Waals surface area contributed by atoms with E-state index in [1.165, 1.54) is 7.11 Å². The summed E-state index contributed by atoms with van der Waals surface area (Å²) in [6.07, 6.45) is -1.82. The number of nitrogens with one attached hydrogen (secondary N) is 1. The quantitative estimate of drug-likeness (QED) is 0.155. The van der Waals surface area contributed by atoms with Gasteiger partial charge in [-0.1, -0.05) is 6.07 Å². The summed E-state index contributed by atoms with van der Waals surface area (Å²) < 4.78 is 53.9. The van der Waals surface area contributed by atoms with E-state index in [2.05, 4.69) is 28.1 Å². The van der Waals surface area contributed by atoms with Gasteiger partial charge in [0.2, 0.25) is 6.79 Å².